The molecule has 0 aliphatic rings. The third-order valence-corrected chi connectivity index (χ3v) is 4.64. The first kappa shape index (κ1) is 19.2. The lowest BCUT2D eigenvalue weighted by Gasteiger charge is -2.09. The van der Waals surface area contributed by atoms with Gasteiger partial charge >= 0.3 is 0 Å². The summed E-state index contributed by atoms with van der Waals surface area (Å²) in [6, 6.07) is 17.6. The molecule has 2 amide bonds. The van der Waals surface area contributed by atoms with Gasteiger partial charge < -0.3 is 19.6 Å². The van der Waals surface area contributed by atoms with E-state index in [4.69, 9.17) is 4.42 Å². The minimum Gasteiger partial charge on any atom is -0.459 e. The van der Waals surface area contributed by atoms with Gasteiger partial charge in [-0.05, 0) is 61.0 Å². The maximum atomic E-state index is 12.5. The maximum absolute atomic E-state index is 12.5. The lowest BCUT2D eigenvalue weighted by molar-refractivity contribution is 0.0995. The molecule has 0 spiro atoms. The average molecular weight is 400 g/mol. The zero-order valence-corrected chi connectivity index (χ0v) is 16.3. The Hall–Kier alpha value is -4.13. The standard InChI is InChI=1S/C23H20N4O3/c1-16-24-12-13-27(16)15-17-4-8-19(9-5-17)25-22(28)18-6-10-20(11-7-18)26-23(29)21-3-2-14-30-21/h2-14H,15H2,1H3,(H,25,28)(H,26,29). The van der Waals surface area contributed by atoms with E-state index >= 15 is 0 Å². The number of rotatable bonds is 6. The van der Waals surface area contributed by atoms with Crippen LogP contribution in [0.5, 0.6) is 0 Å². The lowest BCUT2D eigenvalue weighted by Crippen LogP contribution is -2.13. The van der Waals surface area contributed by atoms with Crippen LogP contribution in [0.3, 0.4) is 0 Å². The van der Waals surface area contributed by atoms with E-state index in [1.165, 1.54) is 6.26 Å². The van der Waals surface area contributed by atoms with Gasteiger partial charge in [0.1, 0.15) is 5.82 Å². The molecule has 4 rings (SSSR count). The summed E-state index contributed by atoms with van der Waals surface area (Å²) in [6.07, 6.45) is 5.15. The molecule has 0 radical (unpaired) electrons. The molecule has 0 atom stereocenters. The van der Waals surface area contributed by atoms with Gasteiger partial charge in [0, 0.05) is 35.9 Å². The number of nitrogens with zero attached hydrogens (tertiary/aromatic N) is 2. The molecule has 0 fully saturated rings. The Morgan fingerprint density at radius 1 is 0.933 bits per heavy atom. The summed E-state index contributed by atoms with van der Waals surface area (Å²) >= 11 is 0. The number of amides is 2. The minimum absolute atomic E-state index is 0.225. The summed E-state index contributed by atoms with van der Waals surface area (Å²) in [5.41, 5.74) is 2.89. The number of hydrogen-bond donors (Lipinski definition) is 2. The quantitative estimate of drug-likeness (QED) is 0.504. The molecular weight excluding hydrogens is 380 g/mol. The molecule has 2 N–H and O–H groups in total. The van der Waals surface area contributed by atoms with Crippen molar-refractivity contribution in [2.45, 2.75) is 13.5 Å². The van der Waals surface area contributed by atoms with Gasteiger partial charge in [0.15, 0.2) is 5.76 Å². The minimum atomic E-state index is -0.344. The summed E-state index contributed by atoms with van der Waals surface area (Å²) in [5.74, 6) is 0.611. The molecule has 0 aliphatic carbocycles. The molecule has 2 aromatic carbocycles. The Balaban J connectivity index is 1.35. The van der Waals surface area contributed by atoms with Crippen LogP contribution >= 0.6 is 0 Å². The zero-order chi connectivity index (χ0) is 20.9. The largest absolute Gasteiger partial charge is 0.459 e. The van der Waals surface area contributed by atoms with Gasteiger partial charge in [0.25, 0.3) is 11.8 Å². The van der Waals surface area contributed by atoms with E-state index in [0.717, 1.165) is 17.9 Å². The summed E-state index contributed by atoms with van der Waals surface area (Å²) in [4.78, 5) is 28.7. The van der Waals surface area contributed by atoms with E-state index in [0.29, 0.717) is 16.9 Å². The number of carbonyl (C=O) groups is 2. The van der Waals surface area contributed by atoms with E-state index in [1.54, 1.807) is 42.6 Å². The van der Waals surface area contributed by atoms with Gasteiger partial charge in [-0.25, -0.2) is 4.98 Å². The number of hydrogen-bond acceptors (Lipinski definition) is 4. The fraction of sp³-hybridized carbons (Fsp3) is 0.0870. The fourth-order valence-corrected chi connectivity index (χ4v) is 2.97. The molecule has 7 heteroatoms. The highest BCUT2D eigenvalue weighted by Crippen LogP contribution is 2.15. The second-order valence-corrected chi connectivity index (χ2v) is 6.76. The van der Waals surface area contributed by atoms with Crippen molar-refractivity contribution in [1.82, 2.24) is 9.55 Å². The van der Waals surface area contributed by atoms with Gasteiger partial charge in [-0.2, -0.15) is 0 Å². The number of carbonyl (C=O) groups excluding carboxylic acids is 2. The van der Waals surface area contributed by atoms with Crippen molar-refractivity contribution in [3.63, 3.8) is 0 Å². The summed E-state index contributed by atoms with van der Waals surface area (Å²) < 4.78 is 7.11. The van der Waals surface area contributed by atoms with Gasteiger partial charge in [-0.3, -0.25) is 9.59 Å². The molecular formula is C23H20N4O3. The van der Waals surface area contributed by atoms with E-state index in [9.17, 15) is 9.59 Å². The normalized spacial score (nSPS) is 10.6. The molecule has 0 bridgehead atoms. The smallest absolute Gasteiger partial charge is 0.291 e. The van der Waals surface area contributed by atoms with Crippen molar-refractivity contribution in [3.05, 3.63) is 102 Å². The van der Waals surface area contributed by atoms with Crippen LogP contribution in [-0.2, 0) is 6.54 Å². The van der Waals surface area contributed by atoms with Crippen LogP contribution < -0.4 is 10.6 Å². The van der Waals surface area contributed by atoms with E-state index in [1.807, 2.05) is 37.4 Å². The molecule has 0 saturated carbocycles. The molecule has 0 unspecified atom stereocenters. The van der Waals surface area contributed by atoms with Crippen molar-refractivity contribution in [2.24, 2.45) is 0 Å². The number of furan rings is 1. The molecule has 7 nitrogen and oxygen atoms in total. The molecule has 0 aliphatic heterocycles. The molecule has 0 saturated heterocycles. The Bertz CT molecular complexity index is 1140. The molecule has 2 heterocycles. The van der Waals surface area contributed by atoms with Crippen molar-refractivity contribution in [2.75, 3.05) is 10.6 Å². The number of nitrogens with one attached hydrogen (secondary N) is 2. The van der Waals surface area contributed by atoms with Crippen LogP contribution in [0, 0.1) is 6.92 Å². The molecule has 4 aromatic rings. The van der Waals surface area contributed by atoms with Crippen LogP contribution in [0.15, 0.2) is 83.7 Å². The maximum Gasteiger partial charge on any atom is 0.291 e. The van der Waals surface area contributed by atoms with Gasteiger partial charge in [0.2, 0.25) is 0 Å². The Morgan fingerprint density at radius 2 is 1.60 bits per heavy atom. The highest BCUT2D eigenvalue weighted by atomic mass is 16.3. The van der Waals surface area contributed by atoms with Crippen LogP contribution in [0.2, 0.25) is 0 Å². The lowest BCUT2D eigenvalue weighted by atomic mass is 10.1. The third-order valence-electron chi connectivity index (χ3n) is 4.64. The van der Waals surface area contributed by atoms with E-state index < -0.39 is 0 Å². The van der Waals surface area contributed by atoms with Crippen molar-refractivity contribution < 1.29 is 14.0 Å². The molecule has 30 heavy (non-hydrogen) atoms. The van der Waals surface area contributed by atoms with Crippen LogP contribution in [0.1, 0.15) is 32.3 Å². The highest BCUT2D eigenvalue weighted by molar-refractivity contribution is 6.05. The van der Waals surface area contributed by atoms with Crippen molar-refractivity contribution in [3.8, 4) is 0 Å². The first-order chi connectivity index (χ1) is 14.6. The second-order valence-electron chi connectivity index (χ2n) is 6.76. The van der Waals surface area contributed by atoms with Gasteiger partial charge in [-0.15, -0.1) is 0 Å². The number of aromatic nitrogens is 2. The van der Waals surface area contributed by atoms with Gasteiger partial charge in [0.05, 0.1) is 6.26 Å². The van der Waals surface area contributed by atoms with Gasteiger partial charge in [-0.1, -0.05) is 12.1 Å². The molecule has 2 aromatic heterocycles. The number of benzene rings is 2. The first-order valence-electron chi connectivity index (χ1n) is 9.41. The average Bonchev–Trinajstić information content (AvgIpc) is 3.42. The van der Waals surface area contributed by atoms with Crippen LogP contribution in [0.4, 0.5) is 11.4 Å². The van der Waals surface area contributed by atoms with Crippen LogP contribution in [-0.4, -0.2) is 21.4 Å². The third kappa shape index (κ3) is 4.47. The molecule has 150 valence electrons. The Morgan fingerprint density at radius 3 is 2.20 bits per heavy atom. The van der Waals surface area contributed by atoms with Crippen molar-refractivity contribution in [1.29, 1.82) is 0 Å². The van der Waals surface area contributed by atoms with Crippen LogP contribution in [0.25, 0.3) is 0 Å². The van der Waals surface area contributed by atoms with E-state index in [2.05, 4.69) is 20.2 Å². The monoisotopic (exact) mass is 400 g/mol. The number of anilines is 2. The van der Waals surface area contributed by atoms with Crippen molar-refractivity contribution >= 4 is 23.2 Å². The Kier molecular flexibility index (Phi) is 5.43. The SMILES string of the molecule is Cc1nccn1Cc1ccc(NC(=O)c2ccc(NC(=O)c3ccco3)cc2)cc1. The summed E-state index contributed by atoms with van der Waals surface area (Å²) in [5, 5.41) is 5.60. The summed E-state index contributed by atoms with van der Waals surface area (Å²) in [7, 11) is 0. The fourth-order valence-electron chi connectivity index (χ4n) is 2.97. The predicted molar refractivity (Wildman–Crippen MR) is 114 cm³/mol. The first-order valence-corrected chi connectivity index (χ1v) is 9.41. The number of imidazole rings is 1. The zero-order valence-electron chi connectivity index (χ0n) is 16.3. The predicted octanol–water partition coefficient (Wildman–Crippen LogP) is 4.34. The topological polar surface area (TPSA) is 89.2 Å². The number of aryl methyl sites for hydroxylation is 1. The van der Waals surface area contributed by atoms with E-state index in [-0.39, 0.29) is 17.6 Å². The highest BCUT2D eigenvalue weighted by Gasteiger charge is 2.10. The Labute approximate surface area is 173 Å². The summed E-state index contributed by atoms with van der Waals surface area (Å²) in [6.45, 7) is 2.69. The second kappa shape index (κ2) is 8.48.